The minimum atomic E-state index is -5.03. The second kappa shape index (κ2) is 5.78. The summed E-state index contributed by atoms with van der Waals surface area (Å²) in [5.41, 5.74) is -4.27. The fraction of sp³-hybridized carbons (Fsp3) is 0.143. The summed E-state index contributed by atoms with van der Waals surface area (Å²) in [5.74, 6) is 0. The Bertz CT molecular complexity index is 577. The number of hydrogen-bond acceptors (Lipinski definition) is 0. The van der Waals surface area contributed by atoms with Gasteiger partial charge in [0.1, 0.15) is 0 Å². The molecular weight excluding hydrogens is 498 g/mol. The number of alkyl halides is 4. The molecule has 0 spiro atoms. The molecule has 0 radical (unpaired) electrons. The van der Waals surface area contributed by atoms with Crippen molar-refractivity contribution in [3.05, 3.63) is 66.8 Å². The fourth-order valence-corrected chi connectivity index (χ4v) is 3.45. The van der Waals surface area contributed by atoms with E-state index in [2.05, 4.69) is 0 Å². The molecule has 0 aromatic heterocycles. The van der Waals surface area contributed by atoms with Gasteiger partial charge in [0.15, 0.2) is 0 Å². The molecule has 0 amide bonds. The van der Waals surface area contributed by atoms with Crippen LogP contribution in [0.15, 0.2) is 48.5 Å². The van der Waals surface area contributed by atoms with Crippen molar-refractivity contribution >= 4 is 45.2 Å². The van der Waals surface area contributed by atoms with Crippen molar-refractivity contribution in [1.82, 2.24) is 0 Å². The highest BCUT2D eigenvalue weighted by Crippen LogP contribution is 2.49. The topological polar surface area (TPSA) is 0 Å². The molecule has 0 nitrogen and oxygen atoms in total. The Morgan fingerprint density at radius 1 is 0.650 bits per heavy atom. The maximum absolute atomic E-state index is 15.2. The van der Waals surface area contributed by atoms with Crippen molar-refractivity contribution in [2.24, 2.45) is 0 Å². The van der Waals surface area contributed by atoms with Gasteiger partial charge in [0.2, 0.25) is 0 Å². The van der Waals surface area contributed by atoms with Crippen molar-refractivity contribution in [3.8, 4) is 0 Å². The van der Waals surface area contributed by atoms with E-state index in [9.17, 15) is 13.2 Å². The van der Waals surface area contributed by atoms with E-state index in [0.29, 0.717) is 0 Å². The Kier molecular flexibility index (Phi) is 4.63. The van der Waals surface area contributed by atoms with E-state index in [1.165, 1.54) is 36.4 Å². The van der Waals surface area contributed by atoms with Gasteiger partial charge < -0.3 is 0 Å². The van der Waals surface area contributed by atoms with E-state index < -0.39 is 11.8 Å². The summed E-state index contributed by atoms with van der Waals surface area (Å²) in [6.07, 6.45) is -5.03. The first-order valence-electron chi connectivity index (χ1n) is 5.54. The third kappa shape index (κ3) is 2.68. The second-order valence-electron chi connectivity index (χ2n) is 4.12. The largest absolute Gasteiger partial charge is 0.431 e. The minimum Gasteiger partial charge on any atom is -0.223 e. The molecule has 0 atom stereocenters. The molecule has 106 valence electrons. The summed E-state index contributed by atoms with van der Waals surface area (Å²) >= 11 is 3.44. The molecule has 0 aliphatic rings. The van der Waals surface area contributed by atoms with E-state index >= 15 is 4.39 Å². The summed E-state index contributed by atoms with van der Waals surface area (Å²) in [4.78, 5) is 0. The lowest BCUT2D eigenvalue weighted by atomic mass is 9.87. The van der Waals surface area contributed by atoms with E-state index in [4.69, 9.17) is 0 Å². The number of rotatable bonds is 2. The summed E-state index contributed by atoms with van der Waals surface area (Å²) in [6.45, 7) is 0. The van der Waals surface area contributed by atoms with Crippen molar-refractivity contribution in [1.29, 1.82) is 0 Å². The highest BCUT2D eigenvalue weighted by atomic mass is 127. The normalized spacial score (nSPS) is 12.5. The Morgan fingerprint density at radius 3 is 1.30 bits per heavy atom. The lowest BCUT2D eigenvalue weighted by molar-refractivity contribution is -0.219. The summed E-state index contributed by atoms with van der Waals surface area (Å²) < 4.78 is 56.0. The zero-order chi connectivity index (χ0) is 15.0. The maximum Gasteiger partial charge on any atom is 0.431 e. The van der Waals surface area contributed by atoms with Crippen LogP contribution in [0.1, 0.15) is 11.1 Å². The Balaban J connectivity index is 2.78. The molecule has 0 heterocycles. The molecule has 2 aromatic carbocycles. The van der Waals surface area contributed by atoms with E-state index in [-0.39, 0.29) is 18.3 Å². The molecule has 0 aliphatic heterocycles. The van der Waals surface area contributed by atoms with Crippen LogP contribution in [-0.4, -0.2) is 6.18 Å². The van der Waals surface area contributed by atoms with Gasteiger partial charge in [-0.05, 0) is 57.3 Å². The van der Waals surface area contributed by atoms with Gasteiger partial charge in [0.25, 0.3) is 5.67 Å². The average molecular weight is 506 g/mol. The number of halogens is 6. The highest BCUT2D eigenvalue weighted by Gasteiger charge is 2.59. The van der Waals surface area contributed by atoms with Crippen LogP contribution in [0, 0.1) is 7.14 Å². The van der Waals surface area contributed by atoms with Gasteiger partial charge in [-0.25, -0.2) is 4.39 Å². The smallest absolute Gasteiger partial charge is 0.223 e. The first-order chi connectivity index (χ1) is 9.28. The monoisotopic (exact) mass is 506 g/mol. The predicted octanol–water partition coefficient (Wildman–Crippen LogP) is 5.67. The molecule has 0 bridgehead atoms. The van der Waals surface area contributed by atoms with Gasteiger partial charge in [0.05, 0.1) is 0 Å². The molecule has 0 unspecified atom stereocenters. The minimum absolute atomic E-state index is 0.240. The van der Waals surface area contributed by atoms with Crippen LogP contribution in [0.2, 0.25) is 0 Å². The van der Waals surface area contributed by atoms with Gasteiger partial charge in [-0.2, -0.15) is 13.2 Å². The SMILES string of the molecule is FC(F)(F)C(F)(c1ccccc1I)c1ccccc1I. The van der Waals surface area contributed by atoms with E-state index in [0.717, 1.165) is 0 Å². The standard InChI is InChI=1S/C14H8F4I2/c15-13(14(16,17)18,9-5-1-3-7-11(9)19)10-6-2-4-8-12(10)20/h1-8H. The first-order valence-corrected chi connectivity index (χ1v) is 7.70. The van der Waals surface area contributed by atoms with Gasteiger partial charge in [0, 0.05) is 18.3 Å². The van der Waals surface area contributed by atoms with Crippen molar-refractivity contribution in [2.75, 3.05) is 0 Å². The second-order valence-corrected chi connectivity index (χ2v) is 6.44. The Morgan fingerprint density at radius 2 is 1.00 bits per heavy atom. The average Bonchev–Trinajstić information content (AvgIpc) is 2.37. The molecule has 0 fully saturated rings. The molecular formula is C14H8F4I2. The lowest BCUT2D eigenvalue weighted by Gasteiger charge is -2.30. The first kappa shape index (κ1) is 16.0. The van der Waals surface area contributed by atoms with Crippen LogP contribution in [0.5, 0.6) is 0 Å². The number of benzene rings is 2. The Labute approximate surface area is 140 Å². The van der Waals surface area contributed by atoms with Gasteiger partial charge in [-0.15, -0.1) is 0 Å². The summed E-state index contributed by atoms with van der Waals surface area (Å²) in [7, 11) is 0. The fourth-order valence-electron chi connectivity index (χ4n) is 1.93. The van der Waals surface area contributed by atoms with Crippen molar-refractivity contribution in [2.45, 2.75) is 11.8 Å². The summed E-state index contributed by atoms with van der Waals surface area (Å²) in [6, 6.07) is 11.3. The number of hydrogen-bond donors (Lipinski definition) is 0. The van der Waals surface area contributed by atoms with Crippen LogP contribution >= 0.6 is 45.2 Å². The Hall–Kier alpha value is -0.380. The van der Waals surface area contributed by atoms with Crippen LogP contribution < -0.4 is 0 Å². The molecule has 2 rings (SSSR count). The zero-order valence-electron chi connectivity index (χ0n) is 9.89. The molecule has 0 saturated carbocycles. The van der Waals surface area contributed by atoms with Crippen LogP contribution in [0.3, 0.4) is 0 Å². The van der Waals surface area contributed by atoms with Crippen LogP contribution in [0.4, 0.5) is 17.6 Å². The maximum atomic E-state index is 15.2. The third-order valence-electron chi connectivity index (χ3n) is 2.88. The van der Waals surface area contributed by atoms with E-state index in [1.807, 2.05) is 0 Å². The highest BCUT2D eigenvalue weighted by molar-refractivity contribution is 14.1. The molecule has 0 saturated heterocycles. The third-order valence-corrected chi connectivity index (χ3v) is 4.76. The molecule has 2 aromatic rings. The van der Waals surface area contributed by atoms with Crippen molar-refractivity contribution in [3.63, 3.8) is 0 Å². The predicted molar refractivity (Wildman–Crippen MR) is 86.3 cm³/mol. The molecule has 6 heteroatoms. The molecule has 20 heavy (non-hydrogen) atoms. The molecule has 0 aliphatic carbocycles. The van der Waals surface area contributed by atoms with Crippen LogP contribution in [0.25, 0.3) is 0 Å². The van der Waals surface area contributed by atoms with Gasteiger partial charge in [-0.3, -0.25) is 0 Å². The van der Waals surface area contributed by atoms with Gasteiger partial charge >= 0.3 is 6.18 Å². The molecule has 0 N–H and O–H groups in total. The van der Waals surface area contributed by atoms with Crippen molar-refractivity contribution < 1.29 is 17.6 Å². The quantitative estimate of drug-likeness (QED) is 0.364. The summed E-state index contributed by atoms with van der Waals surface area (Å²) in [5, 5.41) is 0. The van der Waals surface area contributed by atoms with Gasteiger partial charge in [-0.1, -0.05) is 36.4 Å². The lowest BCUT2D eigenvalue weighted by Crippen LogP contribution is -2.40. The van der Waals surface area contributed by atoms with Crippen LogP contribution in [-0.2, 0) is 5.67 Å². The zero-order valence-corrected chi connectivity index (χ0v) is 14.2. The van der Waals surface area contributed by atoms with E-state index in [1.54, 1.807) is 57.3 Å².